The lowest BCUT2D eigenvalue weighted by Crippen LogP contribution is -2.18. The molecule has 0 unspecified atom stereocenters. The molecule has 0 aliphatic carbocycles. The highest BCUT2D eigenvalue weighted by Gasteiger charge is 2.16. The third-order valence-electron chi connectivity index (χ3n) is 3.09. The van der Waals surface area contributed by atoms with Gasteiger partial charge in [0.2, 0.25) is 0 Å². The van der Waals surface area contributed by atoms with E-state index >= 15 is 0 Å². The van der Waals surface area contributed by atoms with Gasteiger partial charge in [0.25, 0.3) is 5.69 Å². The molecule has 0 fully saturated rings. The molecule has 0 amide bonds. The molecule has 110 valence electrons. The number of hydrogen-bond donors (Lipinski definition) is 0. The summed E-state index contributed by atoms with van der Waals surface area (Å²) in [7, 11) is 1.84. The Labute approximate surface area is 130 Å². The Bertz CT molecular complexity index is 664. The molecule has 0 atom stereocenters. The third-order valence-corrected chi connectivity index (χ3v) is 4.01. The van der Waals surface area contributed by atoms with Crippen molar-refractivity contribution >= 4 is 21.6 Å². The first kappa shape index (κ1) is 15.6. The Morgan fingerprint density at radius 3 is 2.43 bits per heavy atom. The highest BCUT2D eigenvalue weighted by atomic mass is 79.9. The van der Waals surface area contributed by atoms with E-state index in [1.165, 1.54) is 12.1 Å². The number of hydrogen-bond acceptors (Lipinski definition) is 3. The molecule has 6 heteroatoms. The van der Waals surface area contributed by atoms with Crippen molar-refractivity contribution in [1.29, 1.82) is 0 Å². The van der Waals surface area contributed by atoms with E-state index in [1.807, 2.05) is 18.0 Å². The SMILES string of the molecule is CN(Cc1ccccc1F)Cc1cccc([N+](=O)[O-])c1Br. The predicted octanol–water partition coefficient (Wildman–Crippen LogP) is 4.13. The topological polar surface area (TPSA) is 46.4 Å². The lowest BCUT2D eigenvalue weighted by atomic mass is 10.1. The Balaban J connectivity index is 2.13. The normalized spacial score (nSPS) is 10.9. The van der Waals surface area contributed by atoms with Gasteiger partial charge in [-0.05, 0) is 34.6 Å². The van der Waals surface area contributed by atoms with Crippen molar-refractivity contribution in [3.63, 3.8) is 0 Å². The summed E-state index contributed by atoms with van der Waals surface area (Å²) in [6.45, 7) is 0.915. The molecule has 0 aromatic heterocycles. The zero-order chi connectivity index (χ0) is 15.4. The summed E-state index contributed by atoms with van der Waals surface area (Å²) >= 11 is 3.27. The fourth-order valence-electron chi connectivity index (χ4n) is 2.09. The fourth-order valence-corrected chi connectivity index (χ4v) is 2.63. The molecule has 2 aromatic carbocycles. The maximum Gasteiger partial charge on any atom is 0.283 e. The zero-order valence-corrected chi connectivity index (χ0v) is 13.0. The van der Waals surface area contributed by atoms with E-state index < -0.39 is 4.92 Å². The van der Waals surface area contributed by atoms with Gasteiger partial charge in [-0.2, -0.15) is 0 Å². The smallest absolute Gasteiger partial charge is 0.283 e. The molecule has 0 spiro atoms. The summed E-state index contributed by atoms with van der Waals surface area (Å²) in [5.74, 6) is -0.248. The first-order valence-electron chi connectivity index (χ1n) is 6.32. The van der Waals surface area contributed by atoms with Crippen molar-refractivity contribution in [3.05, 3.63) is 74.0 Å². The minimum absolute atomic E-state index is 0.0341. The second-order valence-electron chi connectivity index (χ2n) is 4.77. The van der Waals surface area contributed by atoms with E-state index in [0.717, 1.165) is 5.56 Å². The molecule has 2 aromatic rings. The summed E-state index contributed by atoms with van der Waals surface area (Å²) in [6, 6.07) is 11.5. The van der Waals surface area contributed by atoms with Crippen molar-refractivity contribution < 1.29 is 9.31 Å². The maximum atomic E-state index is 13.6. The summed E-state index contributed by atoms with van der Waals surface area (Å²) in [6.07, 6.45) is 0. The minimum Gasteiger partial charge on any atom is -0.298 e. The highest BCUT2D eigenvalue weighted by molar-refractivity contribution is 9.10. The lowest BCUT2D eigenvalue weighted by Gasteiger charge is -2.18. The van der Waals surface area contributed by atoms with Crippen molar-refractivity contribution in [2.75, 3.05) is 7.05 Å². The van der Waals surface area contributed by atoms with Crippen LogP contribution in [0.1, 0.15) is 11.1 Å². The molecule has 0 aliphatic rings. The number of benzene rings is 2. The standard InChI is InChI=1S/C15H14BrFN2O2/c1-18(9-11-5-2-3-7-13(11)17)10-12-6-4-8-14(15(12)16)19(20)21/h2-8H,9-10H2,1H3. The van der Waals surface area contributed by atoms with Crippen LogP contribution in [-0.2, 0) is 13.1 Å². The van der Waals surface area contributed by atoms with Crippen molar-refractivity contribution in [3.8, 4) is 0 Å². The number of nitrogens with zero attached hydrogens (tertiary/aromatic N) is 2. The Kier molecular flexibility index (Phi) is 5.03. The summed E-state index contributed by atoms with van der Waals surface area (Å²) < 4.78 is 14.1. The van der Waals surface area contributed by atoms with Crippen molar-refractivity contribution in [1.82, 2.24) is 4.90 Å². The third kappa shape index (κ3) is 3.86. The molecular weight excluding hydrogens is 339 g/mol. The van der Waals surface area contributed by atoms with Gasteiger partial charge < -0.3 is 0 Å². The fraction of sp³-hybridized carbons (Fsp3) is 0.200. The van der Waals surface area contributed by atoms with E-state index in [1.54, 1.807) is 24.3 Å². The Morgan fingerprint density at radius 1 is 1.14 bits per heavy atom. The van der Waals surface area contributed by atoms with Crippen LogP contribution in [0.25, 0.3) is 0 Å². The Morgan fingerprint density at radius 2 is 1.76 bits per heavy atom. The van der Waals surface area contributed by atoms with Crippen LogP contribution in [0.15, 0.2) is 46.9 Å². The van der Waals surface area contributed by atoms with Gasteiger partial charge in [-0.25, -0.2) is 4.39 Å². The molecule has 0 N–H and O–H groups in total. The van der Waals surface area contributed by atoms with Crippen LogP contribution in [0.3, 0.4) is 0 Å². The number of rotatable bonds is 5. The second-order valence-corrected chi connectivity index (χ2v) is 5.56. The molecular formula is C15H14BrFN2O2. The molecule has 21 heavy (non-hydrogen) atoms. The maximum absolute atomic E-state index is 13.6. The van der Waals surface area contributed by atoms with Crippen LogP contribution >= 0.6 is 15.9 Å². The summed E-state index contributed by atoms with van der Waals surface area (Å²) in [4.78, 5) is 12.4. The second kappa shape index (κ2) is 6.78. The van der Waals surface area contributed by atoms with Crippen LogP contribution in [0.2, 0.25) is 0 Å². The highest BCUT2D eigenvalue weighted by Crippen LogP contribution is 2.29. The van der Waals surface area contributed by atoms with E-state index in [9.17, 15) is 14.5 Å². The average molecular weight is 353 g/mol. The molecule has 2 rings (SSSR count). The zero-order valence-electron chi connectivity index (χ0n) is 11.4. The van der Waals surface area contributed by atoms with Gasteiger partial charge >= 0.3 is 0 Å². The van der Waals surface area contributed by atoms with Crippen LogP contribution in [0.5, 0.6) is 0 Å². The Hall–Kier alpha value is -1.79. The van der Waals surface area contributed by atoms with Crippen LogP contribution in [0, 0.1) is 15.9 Å². The van der Waals surface area contributed by atoms with E-state index in [4.69, 9.17) is 0 Å². The molecule has 0 saturated heterocycles. The predicted molar refractivity (Wildman–Crippen MR) is 82.4 cm³/mol. The van der Waals surface area contributed by atoms with Gasteiger partial charge in [-0.15, -0.1) is 0 Å². The van der Waals surface area contributed by atoms with Crippen LogP contribution < -0.4 is 0 Å². The first-order valence-corrected chi connectivity index (χ1v) is 7.12. The van der Waals surface area contributed by atoms with E-state index in [-0.39, 0.29) is 11.5 Å². The van der Waals surface area contributed by atoms with Gasteiger partial charge in [0, 0.05) is 24.7 Å². The first-order chi connectivity index (χ1) is 9.99. The quantitative estimate of drug-likeness (QED) is 0.600. The molecule has 0 saturated carbocycles. The van der Waals surface area contributed by atoms with Gasteiger partial charge in [-0.3, -0.25) is 15.0 Å². The van der Waals surface area contributed by atoms with E-state index in [2.05, 4.69) is 15.9 Å². The van der Waals surface area contributed by atoms with Gasteiger partial charge in [0.05, 0.1) is 9.40 Å². The summed E-state index contributed by atoms with van der Waals surface area (Å²) in [5, 5.41) is 10.9. The monoisotopic (exact) mass is 352 g/mol. The molecule has 0 bridgehead atoms. The summed E-state index contributed by atoms with van der Waals surface area (Å²) in [5.41, 5.74) is 1.43. The van der Waals surface area contributed by atoms with Gasteiger partial charge in [-0.1, -0.05) is 30.3 Å². The molecule has 0 radical (unpaired) electrons. The van der Waals surface area contributed by atoms with Crippen LogP contribution in [-0.4, -0.2) is 16.9 Å². The van der Waals surface area contributed by atoms with Gasteiger partial charge in [0.1, 0.15) is 5.82 Å². The van der Waals surface area contributed by atoms with Crippen molar-refractivity contribution in [2.24, 2.45) is 0 Å². The number of halogens is 2. The van der Waals surface area contributed by atoms with Crippen LogP contribution in [0.4, 0.5) is 10.1 Å². The number of nitro benzene ring substituents is 1. The van der Waals surface area contributed by atoms with Crippen molar-refractivity contribution in [2.45, 2.75) is 13.1 Å². The number of nitro groups is 1. The molecule has 0 heterocycles. The molecule has 4 nitrogen and oxygen atoms in total. The largest absolute Gasteiger partial charge is 0.298 e. The average Bonchev–Trinajstić information content (AvgIpc) is 2.43. The van der Waals surface area contributed by atoms with E-state index in [0.29, 0.717) is 23.1 Å². The lowest BCUT2D eigenvalue weighted by molar-refractivity contribution is -0.385. The molecule has 0 aliphatic heterocycles. The minimum atomic E-state index is -0.426. The van der Waals surface area contributed by atoms with Gasteiger partial charge in [0.15, 0.2) is 0 Å².